The molecule has 0 aliphatic heterocycles. The fourth-order valence-electron chi connectivity index (χ4n) is 1.50. The predicted molar refractivity (Wildman–Crippen MR) is 59.8 cm³/mol. The second-order valence-corrected chi connectivity index (χ2v) is 4.85. The van der Waals surface area contributed by atoms with Crippen LogP contribution in [0.25, 0.3) is 11.0 Å². The average Bonchev–Trinajstić information content (AvgIpc) is 2.50. The summed E-state index contributed by atoms with van der Waals surface area (Å²) in [5.41, 5.74) is 1.98. The first-order valence-electron chi connectivity index (χ1n) is 4.62. The quantitative estimate of drug-likeness (QED) is 0.705. The van der Waals surface area contributed by atoms with Crippen LogP contribution in [0.5, 0.6) is 0 Å². The van der Waals surface area contributed by atoms with Gasteiger partial charge in [-0.05, 0) is 17.0 Å². The van der Waals surface area contributed by atoms with Crippen LogP contribution >= 0.6 is 11.6 Å². The van der Waals surface area contributed by atoms with Gasteiger partial charge in [0.25, 0.3) is 0 Å². The summed E-state index contributed by atoms with van der Waals surface area (Å²) >= 11 is 6.31. The van der Waals surface area contributed by atoms with E-state index in [1.807, 2.05) is 18.5 Å². The Balaban J connectivity index is 2.74. The second kappa shape index (κ2) is 2.99. The van der Waals surface area contributed by atoms with Crippen molar-refractivity contribution in [2.45, 2.75) is 26.2 Å². The highest BCUT2D eigenvalue weighted by Crippen LogP contribution is 2.33. The summed E-state index contributed by atoms with van der Waals surface area (Å²) in [6.45, 7) is 6.40. The molecule has 2 nitrogen and oxygen atoms in total. The monoisotopic (exact) mass is 208 g/mol. The maximum absolute atomic E-state index is 6.31. The number of nitrogens with zero attached hydrogens (tertiary/aromatic N) is 1. The minimum absolute atomic E-state index is 0.0372. The van der Waals surface area contributed by atoms with Crippen molar-refractivity contribution >= 4 is 22.6 Å². The van der Waals surface area contributed by atoms with Crippen molar-refractivity contribution in [1.29, 1.82) is 0 Å². The summed E-state index contributed by atoms with van der Waals surface area (Å²) in [4.78, 5) is 7.37. The van der Waals surface area contributed by atoms with Gasteiger partial charge in [0.1, 0.15) is 5.65 Å². The Kier molecular flexibility index (Phi) is 2.04. The molecule has 0 atom stereocenters. The Morgan fingerprint density at radius 1 is 1.36 bits per heavy atom. The molecule has 0 bridgehead atoms. The topological polar surface area (TPSA) is 28.7 Å². The van der Waals surface area contributed by atoms with Crippen LogP contribution in [0.3, 0.4) is 0 Å². The molecular weight excluding hydrogens is 196 g/mol. The summed E-state index contributed by atoms with van der Waals surface area (Å²) in [7, 11) is 0. The molecule has 0 aromatic carbocycles. The van der Waals surface area contributed by atoms with Crippen LogP contribution in [-0.4, -0.2) is 9.97 Å². The van der Waals surface area contributed by atoms with E-state index in [1.54, 1.807) is 0 Å². The van der Waals surface area contributed by atoms with E-state index >= 15 is 0 Å². The summed E-state index contributed by atoms with van der Waals surface area (Å²) in [5.74, 6) is 0. The fraction of sp³-hybridized carbons (Fsp3) is 0.364. The molecule has 0 spiro atoms. The van der Waals surface area contributed by atoms with Crippen LogP contribution in [0.15, 0.2) is 18.5 Å². The highest BCUT2D eigenvalue weighted by atomic mass is 35.5. The molecule has 2 heterocycles. The standard InChI is InChI=1S/C11H13ClN2/c1-11(2,3)8-6-14-10-7(9(8)12)4-5-13-10/h4-6H,1-3H3,(H,13,14). The molecule has 0 saturated heterocycles. The van der Waals surface area contributed by atoms with Gasteiger partial charge in [-0.25, -0.2) is 4.98 Å². The van der Waals surface area contributed by atoms with Gasteiger partial charge < -0.3 is 4.98 Å². The second-order valence-electron chi connectivity index (χ2n) is 4.48. The summed E-state index contributed by atoms with van der Waals surface area (Å²) in [5, 5.41) is 1.81. The van der Waals surface area contributed by atoms with E-state index in [1.165, 1.54) is 0 Å². The molecule has 2 rings (SSSR count). The summed E-state index contributed by atoms with van der Waals surface area (Å²) in [6.07, 6.45) is 3.71. The van der Waals surface area contributed by atoms with Crippen LogP contribution in [0, 0.1) is 0 Å². The molecule has 2 aromatic rings. The first-order chi connectivity index (χ1) is 6.50. The third-order valence-electron chi connectivity index (χ3n) is 2.33. The van der Waals surface area contributed by atoms with E-state index in [9.17, 15) is 0 Å². The molecule has 1 N–H and O–H groups in total. The van der Waals surface area contributed by atoms with Crippen molar-refractivity contribution in [2.75, 3.05) is 0 Å². The van der Waals surface area contributed by atoms with Gasteiger partial charge in [0.15, 0.2) is 0 Å². The van der Waals surface area contributed by atoms with Crippen LogP contribution in [0.4, 0.5) is 0 Å². The highest BCUT2D eigenvalue weighted by Gasteiger charge is 2.19. The fourth-order valence-corrected chi connectivity index (χ4v) is 1.98. The number of hydrogen-bond acceptors (Lipinski definition) is 1. The maximum atomic E-state index is 6.31. The Labute approximate surface area is 88.3 Å². The van der Waals surface area contributed by atoms with Gasteiger partial charge in [-0.1, -0.05) is 32.4 Å². The maximum Gasteiger partial charge on any atom is 0.138 e. The van der Waals surface area contributed by atoms with Crippen molar-refractivity contribution in [2.24, 2.45) is 0 Å². The molecule has 0 aliphatic carbocycles. The van der Waals surface area contributed by atoms with Crippen molar-refractivity contribution in [3.8, 4) is 0 Å². The molecule has 0 saturated carbocycles. The molecule has 14 heavy (non-hydrogen) atoms. The first kappa shape index (κ1) is 9.53. The molecule has 0 aliphatic rings. The van der Waals surface area contributed by atoms with Gasteiger partial charge in [-0.3, -0.25) is 0 Å². The molecule has 0 fully saturated rings. The lowest BCUT2D eigenvalue weighted by Gasteiger charge is -2.20. The average molecular weight is 209 g/mol. The minimum atomic E-state index is 0.0372. The van der Waals surface area contributed by atoms with Crippen molar-refractivity contribution < 1.29 is 0 Å². The zero-order valence-corrected chi connectivity index (χ0v) is 9.31. The molecular formula is C11H13ClN2. The van der Waals surface area contributed by atoms with Gasteiger partial charge in [-0.2, -0.15) is 0 Å². The number of pyridine rings is 1. The lowest BCUT2D eigenvalue weighted by atomic mass is 9.88. The summed E-state index contributed by atoms with van der Waals surface area (Å²) in [6, 6.07) is 1.96. The molecule has 0 radical (unpaired) electrons. The SMILES string of the molecule is CC(C)(C)c1cnc2[nH]ccc2c1Cl. The van der Waals surface area contributed by atoms with E-state index in [0.29, 0.717) is 0 Å². The normalized spacial score (nSPS) is 12.3. The van der Waals surface area contributed by atoms with E-state index in [2.05, 4.69) is 30.7 Å². The van der Waals surface area contributed by atoms with E-state index in [-0.39, 0.29) is 5.41 Å². The molecule has 74 valence electrons. The zero-order valence-electron chi connectivity index (χ0n) is 8.56. The van der Waals surface area contributed by atoms with Crippen molar-refractivity contribution in [3.05, 3.63) is 29.0 Å². The van der Waals surface area contributed by atoms with Gasteiger partial charge in [0, 0.05) is 17.8 Å². The number of rotatable bonds is 0. The van der Waals surface area contributed by atoms with Crippen LogP contribution in [0.1, 0.15) is 26.3 Å². The van der Waals surface area contributed by atoms with Crippen LogP contribution in [-0.2, 0) is 5.41 Å². The number of fused-ring (bicyclic) bond motifs is 1. The number of aromatic nitrogens is 2. The predicted octanol–water partition coefficient (Wildman–Crippen LogP) is 3.51. The number of hydrogen-bond donors (Lipinski definition) is 1. The van der Waals surface area contributed by atoms with Crippen LogP contribution in [0.2, 0.25) is 5.02 Å². The van der Waals surface area contributed by atoms with E-state index < -0.39 is 0 Å². The smallest absolute Gasteiger partial charge is 0.138 e. The van der Waals surface area contributed by atoms with Crippen LogP contribution < -0.4 is 0 Å². The Hall–Kier alpha value is -1.02. The molecule has 2 aromatic heterocycles. The Morgan fingerprint density at radius 2 is 2.07 bits per heavy atom. The van der Waals surface area contributed by atoms with Crippen molar-refractivity contribution in [1.82, 2.24) is 9.97 Å². The Morgan fingerprint density at radius 3 is 2.71 bits per heavy atom. The lowest BCUT2D eigenvalue weighted by molar-refractivity contribution is 0.589. The highest BCUT2D eigenvalue weighted by molar-refractivity contribution is 6.36. The lowest BCUT2D eigenvalue weighted by Crippen LogP contribution is -2.12. The molecule has 3 heteroatoms. The van der Waals surface area contributed by atoms with Gasteiger partial charge in [0.2, 0.25) is 0 Å². The van der Waals surface area contributed by atoms with Crippen molar-refractivity contribution in [3.63, 3.8) is 0 Å². The number of H-pyrrole nitrogens is 1. The van der Waals surface area contributed by atoms with E-state index in [4.69, 9.17) is 11.6 Å². The third-order valence-corrected chi connectivity index (χ3v) is 2.74. The number of aromatic amines is 1. The van der Waals surface area contributed by atoms with Gasteiger partial charge >= 0.3 is 0 Å². The van der Waals surface area contributed by atoms with E-state index in [0.717, 1.165) is 21.6 Å². The first-order valence-corrected chi connectivity index (χ1v) is 5.00. The number of halogens is 1. The summed E-state index contributed by atoms with van der Waals surface area (Å²) < 4.78 is 0. The number of nitrogens with one attached hydrogen (secondary N) is 1. The van der Waals surface area contributed by atoms with Gasteiger partial charge in [-0.15, -0.1) is 0 Å². The molecule has 0 amide bonds. The van der Waals surface area contributed by atoms with Gasteiger partial charge in [0.05, 0.1) is 5.02 Å². The largest absolute Gasteiger partial charge is 0.346 e. The Bertz CT molecular complexity index is 466. The zero-order chi connectivity index (χ0) is 10.3. The molecule has 0 unspecified atom stereocenters. The third kappa shape index (κ3) is 1.40. The minimum Gasteiger partial charge on any atom is -0.346 e.